The number of benzene rings is 1. The smallest absolute Gasteiger partial charge is 0.416 e. The molecule has 0 amide bonds. The SMILES string of the molecule is C=CCOC1(CN(C(C)C)S(=O)(=O)c2cccc(C(F)(F)F)c2)CN(CCC(=O)OCC)C1. The summed E-state index contributed by atoms with van der Waals surface area (Å²) in [6.07, 6.45) is -2.91. The molecule has 0 unspecified atom stereocenters. The van der Waals surface area contributed by atoms with E-state index in [1.54, 1.807) is 26.8 Å². The van der Waals surface area contributed by atoms with Gasteiger partial charge in [-0.2, -0.15) is 17.5 Å². The molecule has 1 aliphatic heterocycles. The van der Waals surface area contributed by atoms with Crippen molar-refractivity contribution in [3.63, 3.8) is 0 Å². The van der Waals surface area contributed by atoms with E-state index in [-0.39, 0.29) is 25.5 Å². The minimum atomic E-state index is -4.66. The van der Waals surface area contributed by atoms with Gasteiger partial charge in [-0.3, -0.25) is 9.69 Å². The molecule has 0 spiro atoms. The summed E-state index contributed by atoms with van der Waals surface area (Å²) < 4.78 is 78.1. The fourth-order valence-corrected chi connectivity index (χ4v) is 5.44. The molecule has 1 fully saturated rings. The zero-order chi connectivity index (χ0) is 24.9. The zero-order valence-electron chi connectivity index (χ0n) is 19.1. The first-order valence-corrected chi connectivity index (χ1v) is 12.1. The van der Waals surface area contributed by atoms with Crippen molar-refractivity contribution in [1.29, 1.82) is 0 Å². The number of hydrogen-bond acceptors (Lipinski definition) is 6. The number of carbonyl (C=O) groups is 1. The second-order valence-electron chi connectivity index (χ2n) is 8.22. The molecule has 1 aromatic rings. The summed E-state index contributed by atoms with van der Waals surface area (Å²) in [4.78, 5) is 13.1. The Labute approximate surface area is 193 Å². The number of carbonyl (C=O) groups excluding carboxylic acids is 1. The predicted molar refractivity (Wildman–Crippen MR) is 117 cm³/mol. The third kappa shape index (κ3) is 7.02. The van der Waals surface area contributed by atoms with Gasteiger partial charge in [0.05, 0.1) is 30.1 Å². The molecule has 0 N–H and O–H groups in total. The van der Waals surface area contributed by atoms with E-state index in [0.717, 1.165) is 22.5 Å². The molecule has 0 radical (unpaired) electrons. The van der Waals surface area contributed by atoms with Crippen LogP contribution in [0.4, 0.5) is 13.2 Å². The van der Waals surface area contributed by atoms with Crippen LogP contribution < -0.4 is 0 Å². The van der Waals surface area contributed by atoms with Crippen molar-refractivity contribution in [3.8, 4) is 0 Å². The van der Waals surface area contributed by atoms with E-state index in [1.165, 1.54) is 0 Å². The van der Waals surface area contributed by atoms with Crippen molar-refractivity contribution >= 4 is 16.0 Å². The van der Waals surface area contributed by atoms with Gasteiger partial charge in [0, 0.05) is 32.2 Å². The second-order valence-corrected chi connectivity index (χ2v) is 10.1. The first kappa shape index (κ1) is 27.3. The molecule has 0 atom stereocenters. The van der Waals surface area contributed by atoms with Crippen molar-refractivity contribution in [2.75, 3.05) is 39.4 Å². The third-order valence-corrected chi connectivity index (χ3v) is 7.27. The van der Waals surface area contributed by atoms with Crippen molar-refractivity contribution in [2.45, 2.75) is 49.9 Å². The number of ether oxygens (including phenoxy) is 2. The number of hydrogen-bond donors (Lipinski definition) is 0. The number of halogens is 3. The van der Waals surface area contributed by atoms with Gasteiger partial charge >= 0.3 is 12.1 Å². The highest BCUT2D eigenvalue weighted by atomic mass is 32.2. The average molecular weight is 493 g/mol. The summed E-state index contributed by atoms with van der Waals surface area (Å²) in [6.45, 7) is 10.2. The van der Waals surface area contributed by atoms with E-state index in [2.05, 4.69) is 6.58 Å². The Morgan fingerprint density at radius 2 is 2.00 bits per heavy atom. The molecule has 0 saturated carbocycles. The third-order valence-electron chi connectivity index (χ3n) is 5.26. The van der Waals surface area contributed by atoms with Crippen LogP contribution in [0.25, 0.3) is 0 Å². The lowest BCUT2D eigenvalue weighted by Crippen LogP contribution is -2.68. The summed E-state index contributed by atoms with van der Waals surface area (Å²) >= 11 is 0. The van der Waals surface area contributed by atoms with Gasteiger partial charge in [-0.25, -0.2) is 8.42 Å². The van der Waals surface area contributed by atoms with Gasteiger partial charge in [0.25, 0.3) is 0 Å². The highest BCUT2D eigenvalue weighted by Crippen LogP contribution is 2.33. The molecule has 1 aliphatic rings. The molecule has 1 aromatic carbocycles. The van der Waals surface area contributed by atoms with Gasteiger partial charge in [-0.15, -0.1) is 6.58 Å². The molecule has 11 heteroatoms. The number of likely N-dealkylation sites (tertiary alicyclic amines) is 1. The fraction of sp³-hybridized carbons (Fsp3) is 0.591. The van der Waals surface area contributed by atoms with Crippen molar-refractivity contribution in [2.24, 2.45) is 0 Å². The summed E-state index contributed by atoms with van der Waals surface area (Å²) in [5.41, 5.74) is -1.90. The maximum Gasteiger partial charge on any atom is 0.416 e. The Morgan fingerprint density at radius 1 is 1.33 bits per heavy atom. The van der Waals surface area contributed by atoms with E-state index in [1.807, 2.05) is 4.90 Å². The zero-order valence-corrected chi connectivity index (χ0v) is 19.9. The largest absolute Gasteiger partial charge is 0.466 e. The highest BCUT2D eigenvalue weighted by molar-refractivity contribution is 7.89. The van der Waals surface area contributed by atoms with Gasteiger partial charge < -0.3 is 9.47 Å². The van der Waals surface area contributed by atoms with Gasteiger partial charge in [-0.05, 0) is 39.0 Å². The number of esters is 1. The quantitative estimate of drug-likeness (QED) is 0.329. The number of rotatable bonds is 12. The Balaban J connectivity index is 2.23. The molecule has 33 heavy (non-hydrogen) atoms. The molecule has 0 bridgehead atoms. The summed E-state index contributed by atoms with van der Waals surface area (Å²) in [6, 6.07) is 3.19. The van der Waals surface area contributed by atoms with Crippen LogP contribution in [0.3, 0.4) is 0 Å². The lowest BCUT2D eigenvalue weighted by Gasteiger charge is -2.51. The van der Waals surface area contributed by atoms with Gasteiger partial charge in [0.15, 0.2) is 0 Å². The van der Waals surface area contributed by atoms with Crippen LogP contribution in [0.5, 0.6) is 0 Å². The number of nitrogens with zero attached hydrogens (tertiary/aromatic N) is 2. The lowest BCUT2D eigenvalue weighted by molar-refractivity contribution is -0.153. The maximum atomic E-state index is 13.3. The maximum absolute atomic E-state index is 13.3. The number of sulfonamides is 1. The molecule has 186 valence electrons. The van der Waals surface area contributed by atoms with Gasteiger partial charge in [-0.1, -0.05) is 12.1 Å². The average Bonchev–Trinajstić information content (AvgIpc) is 2.71. The molecule has 0 aliphatic carbocycles. The molecule has 0 aromatic heterocycles. The molecule has 7 nitrogen and oxygen atoms in total. The highest BCUT2D eigenvalue weighted by Gasteiger charge is 2.47. The van der Waals surface area contributed by atoms with Crippen LogP contribution in [0.1, 0.15) is 32.8 Å². The van der Waals surface area contributed by atoms with Crippen LogP contribution in [-0.4, -0.2) is 74.6 Å². The van der Waals surface area contributed by atoms with Crippen LogP contribution in [0.2, 0.25) is 0 Å². The number of alkyl halides is 3. The van der Waals surface area contributed by atoms with E-state index < -0.39 is 38.3 Å². The summed E-state index contributed by atoms with van der Waals surface area (Å²) in [5.74, 6) is -0.321. The van der Waals surface area contributed by atoms with E-state index in [9.17, 15) is 26.4 Å². The standard InChI is InChI=1S/C22H31F3N2O5S/c1-5-12-32-21(14-26(15-21)11-10-20(28)31-6-2)16-27(17(3)4)33(29,30)19-9-7-8-18(13-19)22(23,24)25/h5,7-9,13,17H,1,6,10-12,14-16H2,2-4H3. The summed E-state index contributed by atoms with van der Waals surface area (Å²) in [7, 11) is -4.23. The summed E-state index contributed by atoms with van der Waals surface area (Å²) in [5, 5.41) is 0. The topological polar surface area (TPSA) is 76.2 Å². The fourth-order valence-electron chi connectivity index (χ4n) is 3.68. The van der Waals surface area contributed by atoms with Gasteiger partial charge in [0.1, 0.15) is 5.60 Å². The molecular weight excluding hydrogens is 461 g/mol. The Hall–Kier alpha value is -1.95. The Bertz CT molecular complexity index is 928. The lowest BCUT2D eigenvalue weighted by atomic mass is 9.93. The minimum absolute atomic E-state index is 0.0486. The molecule has 1 saturated heterocycles. The minimum Gasteiger partial charge on any atom is -0.466 e. The normalized spacial score (nSPS) is 16.6. The Kier molecular flexibility index (Phi) is 9.09. The van der Waals surface area contributed by atoms with E-state index in [0.29, 0.717) is 32.3 Å². The molecular formula is C22H31F3N2O5S. The Morgan fingerprint density at radius 3 is 2.55 bits per heavy atom. The predicted octanol–water partition coefficient (Wildman–Crippen LogP) is 3.31. The molecule has 2 rings (SSSR count). The monoisotopic (exact) mass is 492 g/mol. The van der Waals surface area contributed by atoms with Crippen molar-refractivity contribution < 1.29 is 35.9 Å². The van der Waals surface area contributed by atoms with Crippen LogP contribution >= 0.6 is 0 Å². The van der Waals surface area contributed by atoms with E-state index >= 15 is 0 Å². The molecule has 1 heterocycles. The first-order valence-electron chi connectivity index (χ1n) is 10.7. The second kappa shape index (κ2) is 11.0. The van der Waals surface area contributed by atoms with Crippen molar-refractivity contribution in [1.82, 2.24) is 9.21 Å². The van der Waals surface area contributed by atoms with Crippen LogP contribution in [-0.2, 0) is 30.5 Å². The van der Waals surface area contributed by atoms with Crippen LogP contribution in [0, 0.1) is 0 Å². The first-order chi connectivity index (χ1) is 15.3. The van der Waals surface area contributed by atoms with Crippen molar-refractivity contribution in [3.05, 3.63) is 42.5 Å². The van der Waals surface area contributed by atoms with Gasteiger partial charge in [0.2, 0.25) is 10.0 Å². The van der Waals surface area contributed by atoms with E-state index in [4.69, 9.17) is 9.47 Å². The van der Waals surface area contributed by atoms with Crippen LogP contribution in [0.15, 0.2) is 41.8 Å².